The minimum absolute atomic E-state index is 0.0230. The Labute approximate surface area is 125 Å². The number of ketones is 1. The van der Waals surface area contributed by atoms with Crippen molar-refractivity contribution >= 4 is 23.6 Å². The predicted molar refractivity (Wildman–Crippen MR) is 83.0 cm³/mol. The largest absolute Gasteiger partial charge is 0.332 e. The summed E-state index contributed by atoms with van der Waals surface area (Å²) in [7, 11) is 0. The highest BCUT2D eigenvalue weighted by molar-refractivity contribution is 8.00. The van der Waals surface area contributed by atoms with Crippen molar-refractivity contribution in [2.45, 2.75) is 70.2 Å². The van der Waals surface area contributed by atoms with Crippen LogP contribution in [0, 0.1) is 5.41 Å². The number of carbonyl (C=O) groups is 2. The van der Waals surface area contributed by atoms with E-state index in [9.17, 15) is 9.59 Å². The average Bonchev–Trinajstić information content (AvgIpc) is 2.94. The number of carbonyl (C=O) groups excluding carboxylic acids is 2. The fourth-order valence-electron chi connectivity index (χ4n) is 2.81. The van der Waals surface area contributed by atoms with Gasteiger partial charge in [0.2, 0.25) is 0 Å². The fraction of sp³-hybridized carbons (Fsp3) is 0.867. The Morgan fingerprint density at radius 3 is 2.80 bits per heavy atom. The number of nitrogens with one attached hydrogen (secondary N) is 2. The molecule has 4 nitrogen and oxygen atoms in total. The number of urea groups is 1. The fourth-order valence-corrected chi connectivity index (χ4v) is 4.35. The zero-order valence-electron chi connectivity index (χ0n) is 12.7. The summed E-state index contributed by atoms with van der Waals surface area (Å²) < 4.78 is 0. The zero-order chi connectivity index (χ0) is 14.8. The number of rotatable bonds is 7. The van der Waals surface area contributed by atoms with Crippen LogP contribution in [0.2, 0.25) is 0 Å². The molecule has 3 atom stereocenters. The van der Waals surface area contributed by atoms with Crippen molar-refractivity contribution in [3.63, 3.8) is 0 Å². The third kappa shape index (κ3) is 3.48. The van der Waals surface area contributed by atoms with E-state index in [4.69, 9.17) is 0 Å². The van der Waals surface area contributed by atoms with E-state index in [2.05, 4.69) is 17.6 Å². The summed E-state index contributed by atoms with van der Waals surface area (Å²) in [6.07, 6.45) is 4.73. The van der Waals surface area contributed by atoms with E-state index in [1.165, 1.54) is 0 Å². The molecule has 2 saturated heterocycles. The summed E-state index contributed by atoms with van der Waals surface area (Å²) >= 11 is 1.94. The van der Waals surface area contributed by atoms with Gasteiger partial charge in [0.15, 0.2) is 0 Å². The molecule has 2 fully saturated rings. The van der Waals surface area contributed by atoms with E-state index in [-0.39, 0.29) is 17.5 Å². The molecule has 3 unspecified atom stereocenters. The summed E-state index contributed by atoms with van der Waals surface area (Å²) in [6, 6.07) is 0.568. The van der Waals surface area contributed by atoms with Gasteiger partial charge in [0, 0.05) is 22.8 Å². The van der Waals surface area contributed by atoms with E-state index in [0.29, 0.717) is 23.5 Å². The lowest BCUT2D eigenvalue weighted by molar-refractivity contribution is -0.127. The normalized spacial score (nSPS) is 28.9. The van der Waals surface area contributed by atoms with E-state index < -0.39 is 0 Å². The highest BCUT2D eigenvalue weighted by atomic mass is 32.2. The molecule has 0 bridgehead atoms. The number of hydrogen-bond acceptors (Lipinski definition) is 3. The first-order valence-corrected chi connectivity index (χ1v) is 8.71. The zero-order valence-corrected chi connectivity index (χ0v) is 13.5. The number of unbranched alkanes of at least 4 members (excludes halogenated alkanes) is 1. The minimum Gasteiger partial charge on any atom is -0.332 e. The van der Waals surface area contributed by atoms with E-state index >= 15 is 0 Å². The van der Waals surface area contributed by atoms with Gasteiger partial charge in [0.1, 0.15) is 5.78 Å². The third-order valence-corrected chi connectivity index (χ3v) is 6.23. The average molecular weight is 298 g/mol. The van der Waals surface area contributed by atoms with Crippen LogP contribution in [0.15, 0.2) is 0 Å². The minimum atomic E-state index is -0.170. The van der Waals surface area contributed by atoms with Crippen molar-refractivity contribution in [2.75, 3.05) is 5.75 Å². The quantitative estimate of drug-likeness (QED) is 0.561. The van der Waals surface area contributed by atoms with Gasteiger partial charge in [-0.2, -0.15) is 11.8 Å². The highest BCUT2D eigenvalue weighted by Crippen LogP contribution is 2.33. The molecule has 2 aliphatic rings. The molecule has 0 aromatic carbocycles. The maximum atomic E-state index is 12.0. The molecule has 2 amide bonds. The van der Waals surface area contributed by atoms with Crippen LogP contribution in [-0.4, -0.2) is 34.9 Å². The van der Waals surface area contributed by atoms with Gasteiger partial charge >= 0.3 is 6.03 Å². The van der Waals surface area contributed by atoms with Crippen LogP contribution in [0.25, 0.3) is 0 Å². The molecule has 2 heterocycles. The summed E-state index contributed by atoms with van der Waals surface area (Å²) in [5.41, 5.74) is -0.170. The van der Waals surface area contributed by atoms with Crippen molar-refractivity contribution in [2.24, 2.45) is 5.41 Å². The Kier molecular flexibility index (Phi) is 4.99. The van der Waals surface area contributed by atoms with Crippen LogP contribution in [0.4, 0.5) is 4.79 Å². The molecule has 0 aliphatic carbocycles. The Hall–Kier alpha value is -0.710. The van der Waals surface area contributed by atoms with Crippen molar-refractivity contribution in [1.82, 2.24) is 10.6 Å². The molecule has 0 spiro atoms. The van der Waals surface area contributed by atoms with Crippen LogP contribution in [0.5, 0.6) is 0 Å². The molecule has 2 N–H and O–H groups in total. The number of fused-ring (bicyclic) bond motifs is 1. The Morgan fingerprint density at radius 2 is 2.10 bits per heavy atom. The monoisotopic (exact) mass is 298 g/mol. The Bertz CT molecular complexity index is 384. The second-order valence-electron chi connectivity index (χ2n) is 6.53. The number of hydrogen-bond donors (Lipinski definition) is 2. The first-order valence-electron chi connectivity index (χ1n) is 7.66. The van der Waals surface area contributed by atoms with Crippen LogP contribution in [0.3, 0.4) is 0 Å². The summed E-state index contributed by atoms with van der Waals surface area (Å²) in [6.45, 7) is 6.14. The molecule has 0 saturated carbocycles. The number of thioether (sulfide) groups is 1. The maximum Gasteiger partial charge on any atom is 0.315 e. The first kappa shape index (κ1) is 15.7. The van der Waals surface area contributed by atoms with Crippen LogP contribution >= 0.6 is 11.8 Å². The lowest BCUT2D eigenvalue weighted by atomic mass is 9.83. The Balaban J connectivity index is 1.67. The molecular formula is C15H26N2O2S. The molecule has 0 aromatic heterocycles. The maximum absolute atomic E-state index is 12.0. The van der Waals surface area contributed by atoms with E-state index in [0.717, 1.165) is 31.4 Å². The third-order valence-electron chi connectivity index (χ3n) is 4.72. The van der Waals surface area contributed by atoms with Gasteiger partial charge in [0.25, 0.3) is 0 Å². The van der Waals surface area contributed by atoms with Gasteiger partial charge in [-0.15, -0.1) is 0 Å². The SMILES string of the molecule is CCC(C)(C)C(=O)CCCCC1SCC2NC(=O)NC21. The first-order chi connectivity index (χ1) is 9.44. The van der Waals surface area contributed by atoms with Crippen LogP contribution < -0.4 is 10.6 Å². The number of Topliss-reactive ketones (excluding diaryl/α,β-unsaturated/α-hetero) is 1. The second kappa shape index (κ2) is 6.37. The van der Waals surface area contributed by atoms with E-state index in [1.807, 2.05) is 25.6 Å². The van der Waals surface area contributed by atoms with Crippen LogP contribution in [0.1, 0.15) is 52.9 Å². The molecule has 0 aromatic rings. The smallest absolute Gasteiger partial charge is 0.315 e. The van der Waals surface area contributed by atoms with Gasteiger partial charge in [-0.3, -0.25) is 4.79 Å². The lowest BCUT2D eigenvalue weighted by Crippen LogP contribution is -2.36. The van der Waals surface area contributed by atoms with E-state index in [1.54, 1.807) is 0 Å². The summed E-state index contributed by atoms with van der Waals surface area (Å²) in [5, 5.41) is 6.48. The van der Waals surface area contributed by atoms with Gasteiger partial charge < -0.3 is 10.6 Å². The predicted octanol–water partition coefficient (Wildman–Crippen LogP) is 2.72. The molecule has 20 heavy (non-hydrogen) atoms. The van der Waals surface area contributed by atoms with Crippen molar-refractivity contribution < 1.29 is 9.59 Å². The lowest BCUT2D eigenvalue weighted by Gasteiger charge is -2.21. The van der Waals surface area contributed by atoms with Gasteiger partial charge in [-0.05, 0) is 19.3 Å². The Morgan fingerprint density at radius 1 is 1.35 bits per heavy atom. The molecule has 2 aliphatic heterocycles. The standard InChI is InChI=1S/C15H26N2O2S/c1-4-15(2,3)12(18)8-6-5-7-11-13-10(9-20-11)16-14(19)17-13/h10-11,13H,4-9H2,1-3H3,(H2,16,17,19). The van der Waals surface area contributed by atoms with Crippen molar-refractivity contribution in [1.29, 1.82) is 0 Å². The van der Waals surface area contributed by atoms with Crippen LogP contribution in [-0.2, 0) is 4.79 Å². The highest BCUT2D eigenvalue weighted by Gasteiger charge is 2.42. The summed E-state index contributed by atoms with van der Waals surface area (Å²) in [5.74, 6) is 1.39. The number of amides is 2. The molecule has 0 radical (unpaired) electrons. The molecule has 2 rings (SSSR count). The van der Waals surface area contributed by atoms with Crippen molar-refractivity contribution in [3.05, 3.63) is 0 Å². The van der Waals surface area contributed by atoms with Gasteiger partial charge in [0.05, 0.1) is 12.1 Å². The molecule has 114 valence electrons. The van der Waals surface area contributed by atoms with Gasteiger partial charge in [-0.1, -0.05) is 27.2 Å². The van der Waals surface area contributed by atoms with Gasteiger partial charge in [-0.25, -0.2) is 4.79 Å². The molecule has 5 heteroatoms. The molecular weight excluding hydrogens is 272 g/mol. The summed E-state index contributed by atoms with van der Waals surface area (Å²) in [4.78, 5) is 23.3. The topological polar surface area (TPSA) is 58.2 Å². The second-order valence-corrected chi connectivity index (χ2v) is 7.80. The van der Waals surface area contributed by atoms with Crippen molar-refractivity contribution in [3.8, 4) is 0 Å².